The van der Waals surface area contributed by atoms with E-state index in [1.54, 1.807) is 48.5 Å². The second-order valence-corrected chi connectivity index (χ2v) is 10.1. The molecule has 3 aromatic carbocycles. The van der Waals surface area contributed by atoms with E-state index >= 15 is 0 Å². The summed E-state index contributed by atoms with van der Waals surface area (Å²) in [5.74, 6) is 0.686. The largest absolute Gasteiger partial charge is 0.490 e. The zero-order chi connectivity index (χ0) is 25.4. The first kappa shape index (κ1) is 26.7. The molecule has 0 aliphatic heterocycles. The summed E-state index contributed by atoms with van der Waals surface area (Å²) in [6.07, 6.45) is 1.42. The second kappa shape index (κ2) is 12.2. The maximum absolute atomic E-state index is 12.5. The van der Waals surface area contributed by atoms with Crippen molar-refractivity contribution in [2.75, 3.05) is 13.2 Å². The highest BCUT2D eigenvalue weighted by molar-refractivity contribution is 9.11. The minimum absolute atomic E-state index is 0.0361. The molecule has 0 bridgehead atoms. The molecule has 0 aromatic heterocycles. The van der Waals surface area contributed by atoms with Gasteiger partial charge in [-0.2, -0.15) is 13.5 Å². The molecule has 0 unspecified atom stereocenters. The molecule has 8 nitrogen and oxygen atoms in total. The van der Waals surface area contributed by atoms with Crippen molar-refractivity contribution in [3.05, 3.63) is 80.7 Å². The van der Waals surface area contributed by atoms with Crippen LogP contribution in [0.4, 0.5) is 0 Å². The minimum atomic E-state index is -4.01. The first-order valence-electron chi connectivity index (χ1n) is 10.5. The lowest BCUT2D eigenvalue weighted by Gasteiger charge is -2.12. The Morgan fingerprint density at radius 1 is 0.943 bits per heavy atom. The fourth-order valence-electron chi connectivity index (χ4n) is 2.90. The van der Waals surface area contributed by atoms with Crippen LogP contribution in [0.5, 0.6) is 17.2 Å². The summed E-state index contributed by atoms with van der Waals surface area (Å²) in [7, 11) is -4.01. The second-order valence-electron chi connectivity index (χ2n) is 6.89. The first-order valence-corrected chi connectivity index (χ1v) is 13.5. The van der Waals surface area contributed by atoms with Crippen LogP contribution in [0, 0.1) is 0 Å². The van der Waals surface area contributed by atoms with E-state index in [0.717, 1.165) is 0 Å². The Hall–Kier alpha value is -2.89. The van der Waals surface area contributed by atoms with Crippen molar-refractivity contribution in [3.63, 3.8) is 0 Å². The molecule has 0 aliphatic carbocycles. The van der Waals surface area contributed by atoms with Crippen molar-refractivity contribution in [1.29, 1.82) is 0 Å². The lowest BCUT2D eigenvalue weighted by molar-refractivity contribution is 0.0954. The van der Waals surface area contributed by atoms with Gasteiger partial charge in [0.05, 0.1) is 28.4 Å². The molecule has 0 fully saturated rings. The van der Waals surface area contributed by atoms with Gasteiger partial charge in [-0.1, -0.05) is 18.2 Å². The SMILES string of the molecule is CCOc1ccc(C(=O)N/N=C/c2cc(Br)c(OS(=O)(=O)c3ccccc3)c(Br)c2)cc1OCC. The monoisotopic (exact) mass is 624 g/mol. The quantitative estimate of drug-likeness (QED) is 0.180. The van der Waals surface area contributed by atoms with Gasteiger partial charge in [0.25, 0.3) is 5.91 Å². The number of ether oxygens (including phenoxy) is 2. The fraction of sp³-hybridized carbons (Fsp3) is 0.167. The van der Waals surface area contributed by atoms with E-state index in [2.05, 4.69) is 42.4 Å². The van der Waals surface area contributed by atoms with Crippen molar-refractivity contribution in [1.82, 2.24) is 5.43 Å². The molecule has 35 heavy (non-hydrogen) atoms. The summed E-state index contributed by atoms with van der Waals surface area (Å²) < 4.78 is 42.2. The molecule has 0 saturated carbocycles. The average Bonchev–Trinajstić information content (AvgIpc) is 2.83. The zero-order valence-corrected chi connectivity index (χ0v) is 22.8. The maximum Gasteiger partial charge on any atom is 0.339 e. The smallest absolute Gasteiger partial charge is 0.339 e. The van der Waals surface area contributed by atoms with Crippen LogP contribution in [-0.2, 0) is 10.1 Å². The molecule has 184 valence electrons. The number of halogens is 2. The van der Waals surface area contributed by atoms with Crippen LogP contribution in [-0.4, -0.2) is 33.8 Å². The van der Waals surface area contributed by atoms with Crippen molar-refractivity contribution >= 4 is 54.1 Å². The predicted molar refractivity (Wildman–Crippen MR) is 140 cm³/mol. The highest BCUT2D eigenvalue weighted by atomic mass is 79.9. The average molecular weight is 626 g/mol. The van der Waals surface area contributed by atoms with Gasteiger partial charge in [-0.25, -0.2) is 5.43 Å². The van der Waals surface area contributed by atoms with Gasteiger partial charge in [0.15, 0.2) is 17.2 Å². The number of benzene rings is 3. The molecule has 0 saturated heterocycles. The Bertz CT molecular complexity index is 1310. The van der Waals surface area contributed by atoms with Gasteiger partial charge in [-0.05, 0) is 93.7 Å². The number of rotatable bonds is 10. The first-order chi connectivity index (χ1) is 16.7. The van der Waals surface area contributed by atoms with Crippen LogP contribution in [0.15, 0.2) is 79.6 Å². The molecule has 1 amide bonds. The third kappa shape index (κ3) is 7.06. The Morgan fingerprint density at radius 2 is 1.57 bits per heavy atom. The van der Waals surface area contributed by atoms with E-state index < -0.39 is 16.0 Å². The van der Waals surface area contributed by atoms with Crippen LogP contribution >= 0.6 is 31.9 Å². The van der Waals surface area contributed by atoms with Crippen molar-refractivity contribution in [2.24, 2.45) is 5.10 Å². The van der Waals surface area contributed by atoms with Crippen LogP contribution in [0.1, 0.15) is 29.8 Å². The Labute approximate surface area is 220 Å². The molecule has 0 heterocycles. The number of hydrazone groups is 1. The lowest BCUT2D eigenvalue weighted by atomic mass is 10.2. The Balaban J connectivity index is 1.72. The summed E-state index contributed by atoms with van der Waals surface area (Å²) in [6.45, 7) is 4.61. The van der Waals surface area contributed by atoms with Crippen molar-refractivity contribution in [3.8, 4) is 17.2 Å². The van der Waals surface area contributed by atoms with Gasteiger partial charge in [0.1, 0.15) is 4.90 Å². The Kier molecular flexibility index (Phi) is 9.30. The number of carbonyl (C=O) groups is 1. The molecule has 3 rings (SSSR count). The zero-order valence-electron chi connectivity index (χ0n) is 18.8. The molecule has 0 spiro atoms. The van der Waals surface area contributed by atoms with Crippen LogP contribution < -0.4 is 19.1 Å². The van der Waals surface area contributed by atoms with Gasteiger partial charge in [0, 0.05) is 5.56 Å². The molecule has 0 aliphatic rings. The van der Waals surface area contributed by atoms with Gasteiger partial charge in [-0.15, -0.1) is 0 Å². The molecule has 1 N–H and O–H groups in total. The van der Waals surface area contributed by atoms with Gasteiger partial charge >= 0.3 is 10.1 Å². The number of nitrogens with zero attached hydrogens (tertiary/aromatic N) is 1. The number of hydrogen-bond acceptors (Lipinski definition) is 7. The van der Waals surface area contributed by atoms with Gasteiger partial charge in [-0.3, -0.25) is 4.79 Å². The summed E-state index contributed by atoms with van der Waals surface area (Å²) in [6, 6.07) is 15.9. The van der Waals surface area contributed by atoms with E-state index in [0.29, 0.717) is 44.8 Å². The highest BCUT2D eigenvalue weighted by Gasteiger charge is 2.20. The normalized spacial score (nSPS) is 11.3. The summed E-state index contributed by atoms with van der Waals surface area (Å²) in [4.78, 5) is 12.5. The van der Waals surface area contributed by atoms with E-state index in [4.69, 9.17) is 13.7 Å². The molecule has 11 heteroatoms. The summed E-state index contributed by atoms with van der Waals surface area (Å²) in [5, 5.41) is 3.99. The van der Waals surface area contributed by atoms with E-state index in [1.807, 2.05) is 13.8 Å². The number of carbonyl (C=O) groups excluding carboxylic acids is 1. The van der Waals surface area contributed by atoms with Crippen LogP contribution in [0.3, 0.4) is 0 Å². The maximum atomic E-state index is 12.5. The van der Waals surface area contributed by atoms with E-state index in [1.165, 1.54) is 18.3 Å². The van der Waals surface area contributed by atoms with Crippen molar-refractivity contribution < 1.29 is 26.9 Å². The topological polar surface area (TPSA) is 103 Å². The number of amides is 1. The minimum Gasteiger partial charge on any atom is -0.490 e. The number of hydrogen-bond donors (Lipinski definition) is 1. The number of nitrogens with one attached hydrogen (secondary N) is 1. The van der Waals surface area contributed by atoms with Crippen LogP contribution in [0.25, 0.3) is 0 Å². The van der Waals surface area contributed by atoms with Gasteiger partial charge < -0.3 is 13.7 Å². The molecular formula is C24H22Br2N2O6S. The van der Waals surface area contributed by atoms with E-state index in [9.17, 15) is 13.2 Å². The van der Waals surface area contributed by atoms with Crippen LogP contribution in [0.2, 0.25) is 0 Å². The summed E-state index contributed by atoms with van der Waals surface area (Å²) in [5.41, 5.74) is 3.39. The summed E-state index contributed by atoms with van der Waals surface area (Å²) >= 11 is 6.66. The molecule has 0 radical (unpaired) electrons. The lowest BCUT2D eigenvalue weighted by Crippen LogP contribution is -2.17. The third-order valence-corrected chi connectivity index (χ3v) is 6.84. The third-order valence-electron chi connectivity index (χ3n) is 4.43. The molecule has 0 atom stereocenters. The highest BCUT2D eigenvalue weighted by Crippen LogP contribution is 2.36. The predicted octanol–water partition coefficient (Wildman–Crippen LogP) is 5.54. The molecule has 3 aromatic rings. The van der Waals surface area contributed by atoms with Crippen molar-refractivity contribution in [2.45, 2.75) is 18.7 Å². The standard InChI is InChI=1S/C24H22Br2N2O6S/c1-3-32-21-11-10-17(14-22(21)33-4-2)24(29)28-27-15-16-12-19(25)23(20(26)13-16)34-35(30,31)18-8-6-5-7-9-18/h5-15H,3-4H2,1-2H3,(H,28,29)/b27-15+. The molecular weight excluding hydrogens is 604 g/mol. The Morgan fingerprint density at radius 3 is 2.20 bits per heavy atom. The van der Waals surface area contributed by atoms with Gasteiger partial charge in [0.2, 0.25) is 0 Å². The van der Waals surface area contributed by atoms with E-state index in [-0.39, 0.29) is 10.6 Å². The fourth-order valence-corrected chi connectivity index (χ4v) is 5.48.